The van der Waals surface area contributed by atoms with E-state index >= 15 is 0 Å². The second-order valence-electron chi connectivity index (χ2n) is 1.31. The van der Waals surface area contributed by atoms with Gasteiger partial charge in [-0.1, -0.05) is 0 Å². The summed E-state index contributed by atoms with van der Waals surface area (Å²) in [4.78, 5) is 19.7. The van der Waals surface area contributed by atoms with Gasteiger partial charge in [0, 0.05) is 0 Å². The number of hydrogen-bond acceptors (Lipinski definition) is 2. The molecular formula is C4H6NO4. The number of hydrogen-bond donors (Lipinski definition) is 2. The fraction of sp³-hybridized carbons (Fsp3) is 0.500. The number of nitrogens with one attached hydrogen (secondary N) is 1. The Hall–Kier alpha value is -1.10. The molecule has 0 aliphatic carbocycles. The summed E-state index contributed by atoms with van der Waals surface area (Å²) in [6, 6.07) is 0. The van der Waals surface area contributed by atoms with Crippen LogP contribution in [0, 0.1) is 0 Å². The van der Waals surface area contributed by atoms with Crippen molar-refractivity contribution in [1.82, 2.24) is 5.32 Å². The molecule has 9 heavy (non-hydrogen) atoms. The lowest BCUT2D eigenvalue weighted by Gasteiger charge is -1.94. The summed E-state index contributed by atoms with van der Waals surface area (Å²) in [5.74, 6) is -1.95. The van der Waals surface area contributed by atoms with Crippen LogP contribution in [-0.2, 0) is 14.7 Å². The molecule has 1 radical (unpaired) electrons. The van der Waals surface area contributed by atoms with Gasteiger partial charge < -0.3 is 10.4 Å². The molecule has 0 atom stereocenters. The SMILES string of the molecule is [O]CC(=O)NCC(=O)O. The Kier molecular flexibility index (Phi) is 3.38. The van der Waals surface area contributed by atoms with Crippen molar-refractivity contribution in [2.75, 3.05) is 13.2 Å². The van der Waals surface area contributed by atoms with E-state index in [1.54, 1.807) is 0 Å². The summed E-state index contributed by atoms with van der Waals surface area (Å²) in [6.45, 7) is -1.41. The summed E-state index contributed by atoms with van der Waals surface area (Å²) >= 11 is 0. The Morgan fingerprint density at radius 3 is 2.33 bits per heavy atom. The predicted octanol–water partition coefficient (Wildman–Crippen LogP) is -1.38. The van der Waals surface area contributed by atoms with Crippen LogP contribution in [0.15, 0.2) is 0 Å². The standard InChI is InChI=1S/C4H6NO4/c6-2-3(7)5-1-4(8)9/h1-2H2,(H,5,7)(H,8,9). The monoisotopic (exact) mass is 132 g/mol. The molecule has 5 nitrogen and oxygen atoms in total. The molecule has 2 N–H and O–H groups in total. The minimum absolute atomic E-state index is 0.485. The largest absolute Gasteiger partial charge is 0.480 e. The zero-order valence-electron chi connectivity index (χ0n) is 4.59. The van der Waals surface area contributed by atoms with E-state index in [0.29, 0.717) is 0 Å². The fourth-order valence-electron chi connectivity index (χ4n) is 0.225. The van der Waals surface area contributed by atoms with Gasteiger partial charge in [0.2, 0.25) is 5.91 Å². The van der Waals surface area contributed by atoms with Crippen molar-refractivity contribution in [3.8, 4) is 0 Å². The Morgan fingerprint density at radius 1 is 1.44 bits per heavy atom. The molecule has 0 aliphatic rings. The molecule has 0 aromatic rings. The number of rotatable bonds is 3. The molecule has 5 heteroatoms. The Morgan fingerprint density at radius 2 is 2.00 bits per heavy atom. The molecule has 0 aromatic heterocycles. The third kappa shape index (κ3) is 4.76. The maximum Gasteiger partial charge on any atom is 0.322 e. The summed E-state index contributed by atoms with van der Waals surface area (Å²) in [7, 11) is 0. The van der Waals surface area contributed by atoms with Crippen molar-refractivity contribution in [2.45, 2.75) is 0 Å². The second kappa shape index (κ2) is 3.85. The van der Waals surface area contributed by atoms with Gasteiger partial charge in [-0.3, -0.25) is 9.59 Å². The third-order valence-corrected chi connectivity index (χ3v) is 0.568. The van der Waals surface area contributed by atoms with Crippen molar-refractivity contribution >= 4 is 11.9 Å². The number of carboxylic acids is 1. The molecule has 0 fully saturated rings. The van der Waals surface area contributed by atoms with Gasteiger partial charge in [0.05, 0.1) is 0 Å². The van der Waals surface area contributed by atoms with E-state index in [0.717, 1.165) is 0 Å². The molecule has 0 aliphatic heterocycles. The van der Waals surface area contributed by atoms with E-state index in [-0.39, 0.29) is 0 Å². The van der Waals surface area contributed by atoms with Crippen LogP contribution in [0.25, 0.3) is 0 Å². The van der Waals surface area contributed by atoms with Gasteiger partial charge in [0.25, 0.3) is 0 Å². The number of amides is 1. The number of carbonyl (C=O) groups is 2. The van der Waals surface area contributed by atoms with Gasteiger partial charge in [-0.2, -0.15) is 0 Å². The van der Waals surface area contributed by atoms with E-state index < -0.39 is 25.0 Å². The minimum atomic E-state index is -1.16. The first kappa shape index (κ1) is 7.90. The smallest absolute Gasteiger partial charge is 0.322 e. The molecule has 0 rings (SSSR count). The van der Waals surface area contributed by atoms with Crippen molar-refractivity contribution in [3.63, 3.8) is 0 Å². The molecule has 0 saturated carbocycles. The van der Waals surface area contributed by atoms with Crippen molar-refractivity contribution in [2.24, 2.45) is 0 Å². The number of aliphatic carboxylic acids is 1. The number of carboxylic acid groups (broad SMARTS) is 1. The van der Waals surface area contributed by atoms with Crippen molar-refractivity contribution < 1.29 is 19.8 Å². The van der Waals surface area contributed by atoms with Crippen LogP contribution in [0.3, 0.4) is 0 Å². The van der Waals surface area contributed by atoms with E-state index in [1.165, 1.54) is 0 Å². The summed E-state index contributed by atoms with van der Waals surface area (Å²) in [6.07, 6.45) is 0. The second-order valence-corrected chi connectivity index (χ2v) is 1.31. The molecule has 0 spiro atoms. The van der Waals surface area contributed by atoms with Gasteiger partial charge in [-0.25, -0.2) is 5.11 Å². The van der Waals surface area contributed by atoms with E-state index in [9.17, 15) is 14.7 Å². The summed E-state index contributed by atoms with van der Waals surface area (Å²) < 4.78 is 0. The highest BCUT2D eigenvalue weighted by Gasteiger charge is 2.00. The van der Waals surface area contributed by atoms with Crippen LogP contribution in [-0.4, -0.2) is 30.1 Å². The van der Waals surface area contributed by atoms with Gasteiger partial charge >= 0.3 is 5.97 Å². The minimum Gasteiger partial charge on any atom is -0.480 e. The zero-order chi connectivity index (χ0) is 7.28. The maximum absolute atomic E-state index is 10.0. The molecule has 0 aromatic carbocycles. The normalized spacial score (nSPS) is 8.56. The quantitative estimate of drug-likeness (QED) is 0.496. The van der Waals surface area contributed by atoms with Crippen LogP contribution in [0.4, 0.5) is 0 Å². The van der Waals surface area contributed by atoms with Gasteiger partial charge in [-0.15, -0.1) is 0 Å². The van der Waals surface area contributed by atoms with Gasteiger partial charge in [0.1, 0.15) is 6.54 Å². The first-order chi connectivity index (χ1) is 4.16. The van der Waals surface area contributed by atoms with Crippen LogP contribution < -0.4 is 5.32 Å². The van der Waals surface area contributed by atoms with Crippen LogP contribution in [0.5, 0.6) is 0 Å². The zero-order valence-corrected chi connectivity index (χ0v) is 4.59. The highest BCUT2D eigenvalue weighted by molar-refractivity contribution is 5.81. The van der Waals surface area contributed by atoms with Crippen LogP contribution in [0.2, 0.25) is 0 Å². The summed E-state index contributed by atoms with van der Waals surface area (Å²) in [5.41, 5.74) is 0. The van der Waals surface area contributed by atoms with Crippen molar-refractivity contribution in [1.29, 1.82) is 0 Å². The highest BCUT2D eigenvalue weighted by atomic mass is 16.4. The Bertz CT molecular complexity index is 122. The lowest BCUT2D eigenvalue weighted by Crippen LogP contribution is -2.30. The molecule has 0 bridgehead atoms. The number of carbonyl (C=O) groups excluding carboxylic acids is 1. The summed E-state index contributed by atoms with van der Waals surface area (Å²) in [5, 5.41) is 19.5. The molecule has 0 heterocycles. The molecule has 51 valence electrons. The van der Waals surface area contributed by atoms with Crippen LogP contribution >= 0.6 is 0 Å². The highest BCUT2D eigenvalue weighted by Crippen LogP contribution is 1.62. The van der Waals surface area contributed by atoms with E-state index in [4.69, 9.17) is 5.11 Å². The van der Waals surface area contributed by atoms with Gasteiger partial charge in [0.15, 0.2) is 6.61 Å². The van der Waals surface area contributed by atoms with Gasteiger partial charge in [-0.05, 0) is 0 Å². The molecule has 1 amide bonds. The van der Waals surface area contributed by atoms with Crippen molar-refractivity contribution in [3.05, 3.63) is 0 Å². The van der Waals surface area contributed by atoms with Crippen LogP contribution in [0.1, 0.15) is 0 Å². The Labute approximate surface area is 51.3 Å². The first-order valence-electron chi connectivity index (χ1n) is 2.23. The molecule has 0 unspecified atom stereocenters. The molecular weight excluding hydrogens is 126 g/mol. The van der Waals surface area contributed by atoms with E-state index in [1.807, 2.05) is 5.32 Å². The average molecular weight is 132 g/mol. The lowest BCUT2D eigenvalue weighted by atomic mass is 10.6. The van der Waals surface area contributed by atoms with E-state index in [2.05, 4.69) is 0 Å². The predicted molar refractivity (Wildman–Crippen MR) is 26.2 cm³/mol. The fourth-order valence-corrected chi connectivity index (χ4v) is 0.225. The third-order valence-electron chi connectivity index (χ3n) is 0.568. The maximum atomic E-state index is 10.0. The lowest BCUT2D eigenvalue weighted by molar-refractivity contribution is -0.138. The average Bonchev–Trinajstić information content (AvgIpc) is 1.83. The Balaban J connectivity index is 3.28. The molecule has 0 saturated heterocycles. The topological polar surface area (TPSA) is 86.3 Å². The first-order valence-corrected chi connectivity index (χ1v) is 2.23.